The minimum atomic E-state index is 0. The predicted octanol–water partition coefficient (Wildman–Crippen LogP) is 3.47. The van der Waals surface area contributed by atoms with Gasteiger partial charge in [-0.3, -0.25) is 9.89 Å². The van der Waals surface area contributed by atoms with Crippen LogP contribution < -0.4 is 10.6 Å². The summed E-state index contributed by atoms with van der Waals surface area (Å²) in [6.07, 6.45) is 0. The average Bonchev–Trinajstić information content (AvgIpc) is 2.48. The van der Waals surface area contributed by atoms with Crippen molar-refractivity contribution in [3.63, 3.8) is 0 Å². The van der Waals surface area contributed by atoms with Gasteiger partial charge in [0.1, 0.15) is 0 Å². The molecular formula is C18H33IN4. The third-order valence-corrected chi connectivity index (χ3v) is 3.77. The lowest BCUT2D eigenvalue weighted by molar-refractivity contribution is 0.265. The molecule has 2 N–H and O–H groups in total. The number of guanidine groups is 1. The Hall–Kier alpha value is -0.820. The Morgan fingerprint density at radius 3 is 2.22 bits per heavy atom. The highest BCUT2D eigenvalue weighted by Crippen LogP contribution is 2.12. The van der Waals surface area contributed by atoms with Crippen LogP contribution in [0.3, 0.4) is 0 Å². The minimum absolute atomic E-state index is 0. The highest BCUT2D eigenvalue weighted by atomic mass is 127. The maximum absolute atomic E-state index is 4.28. The van der Waals surface area contributed by atoms with Crippen LogP contribution in [0.25, 0.3) is 0 Å². The van der Waals surface area contributed by atoms with Gasteiger partial charge in [0.05, 0.1) is 0 Å². The number of nitrogens with zero attached hydrogens (tertiary/aromatic N) is 2. The van der Waals surface area contributed by atoms with Crippen molar-refractivity contribution in [1.82, 2.24) is 15.5 Å². The van der Waals surface area contributed by atoms with E-state index in [2.05, 4.69) is 79.5 Å². The first-order chi connectivity index (χ1) is 10.4. The van der Waals surface area contributed by atoms with Crippen molar-refractivity contribution in [1.29, 1.82) is 0 Å². The van der Waals surface area contributed by atoms with Gasteiger partial charge in [-0.1, -0.05) is 38.1 Å². The van der Waals surface area contributed by atoms with Crippen LogP contribution in [-0.4, -0.2) is 37.5 Å². The molecule has 0 atom stereocenters. The predicted molar refractivity (Wildman–Crippen MR) is 111 cm³/mol. The Bertz CT molecular complexity index is 472. The topological polar surface area (TPSA) is 39.7 Å². The van der Waals surface area contributed by atoms with E-state index in [1.807, 2.05) is 7.05 Å². The Morgan fingerprint density at radius 2 is 1.70 bits per heavy atom. The average molecular weight is 432 g/mol. The molecule has 0 aliphatic heterocycles. The Balaban J connectivity index is 0.00000484. The fourth-order valence-electron chi connectivity index (χ4n) is 2.04. The van der Waals surface area contributed by atoms with Crippen molar-refractivity contribution >= 4 is 29.9 Å². The fourth-order valence-corrected chi connectivity index (χ4v) is 2.04. The molecule has 0 spiro atoms. The number of hydrogen-bond acceptors (Lipinski definition) is 2. The van der Waals surface area contributed by atoms with Gasteiger partial charge in [-0.05, 0) is 37.9 Å². The summed E-state index contributed by atoms with van der Waals surface area (Å²) in [5.41, 5.74) is 2.69. The molecule has 1 rings (SSSR count). The van der Waals surface area contributed by atoms with Crippen LogP contribution >= 0.6 is 24.0 Å². The molecule has 0 aliphatic carbocycles. The molecular weight excluding hydrogens is 399 g/mol. The zero-order valence-corrected chi connectivity index (χ0v) is 17.7. The van der Waals surface area contributed by atoms with Gasteiger partial charge in [-0.2, -0.15) is 0 Å². The highest BCUT2D eigenvalue weighted by Gasteiger charge is 2.08. The normalized spacial score (nSPS) is 11.8. The van der Waals surface area contributed by atoms with Crippen molar-refractivity contribution in [2.24, 2.45) is 10.9 Å². The third-order valence-electron chi connectivity index (χ3n) is 3.77. The molecule has 0 fully saturated rings. The maximum atomic E-state index is 4.28. The second-order valence-corrected chi connectivity index (χ2v) is 6.48. The van der Waals surface area contributed by atoms with Gasteiger partial charge >= 0.3 is 0 Å². The summed E-state index contributed by atoms with van der Waals surface area (Å²) in [6, 6.07) is 9.15. The second kappa shape index (κ2) is 11.7. The second-order valence-electron chi connectivity index (χ2n) is 6.48. The van der Waals surface area contributed by atoms with E-state index in [1.165, 1.54) is 11.1 Å². The highest BCUT2D eigenvalue weighted by molar-refractivity contribution is 14.0. The summed E-state index contributed by atoms with van der Waals surface area (Å²) < 4.78 is 0. The quantitative estimate of drug-likeness (QED) is 0.394. The van der Waals surface area contributed by atoms with Crippen molar-refractivity contribution in [3.05, 3.63) is 35.4 Å². The molecule has 0 radical (unpaired) electrons. The molecule has 1 aromatic rings. The van der Waals surface area contributed by atoms with E-state index in [0.29, 0.717) is 12.0 Å². The molecule has 0 saturated heterocycles. The first-order valence-electron chi connectivity index (χ1n) is 8.15. The number of aliphatic imine (C=N–C) groups is 1. The molecule has 0 bridgehead atoms. The van der Waals surface area contributed by atoms with Crippen LogP contribution in [0.5, 0.6) is 0 Å². The lowest BCUT2D eigenvalue weighted by Gasteiger charge is -2.23. The van der Waals surface area contributed by atoms with Crippen LogP contribution in [0, 0.1) is 5.92 Å². The van der Waals surface area contributed by atoms with E-state index >= 15 is 0 Å². The molecule has 0 unspecified atom stereocenters. The summed E-state index contributed by atoms with van der Waals surface area (Å²) in [4.78, 5) is 6.63. The molecule has 5 heteroatoms. The van der Waals surface area contributed by atoms with Crippen molar-refractivity contribution < 1.29 is 0 Å². The molecule has 0 saturated carbocycles. The van der Waals surface area contributed by atoms with E-state index in [0.717, 1.165) is 25.6 Å². The smallest absolute Gasteiger partial charge is 0.191 e. The summed E-state index contributed by atoms with van der Waals surface area (Å²) in [7, 11) is 3.98. The molecule has 0 heterocycles. The Kier molecular flexibility index (Phi) is 11.3. The zero-order valence-electron chi connectivity index (χ0n) is 15.4. The molecule has 0 aliphatic rings. The Morgan fingerprint density at radius 1 is 1.09 bits per heavy atom. The van der Waals surface area contributed by atoms with Crippen LogP contribution in [0.4, 0.5) is 0 Å². The molecule has 1 aromatic carbocycles. The van der Waals surface area contributed by atoms with Crippen molar-refractivity contribution in [3.8, 4) is 0 Å². The first kappa shape index (κ1) is 22.2. The molecule has 132 valence electrons. The number of nitrogens with one attached hydrogen (secondary N) is 2. The van der Waals surface area contributed by atoms with Crippen LogP contribution in [0.2, 0.25) is 0 Å². The monoisotopic (exact) mass is 432 g/mol. The van der Waals surface area contributed by atoms with Crippen LogP contribution in [-0.2, 0) is 13.1 Å². The number of benzene rings is 1. The van der Waals surface area contributed by atoms with Gasteiger partial charge in [0.2, 0.25) is 0 Å². The number of rotatable bonds is 7. The summed E-state index contributed by atoms with van der Waals surface area (Å²) in [5, 5.41) is 6.75. The van der Waals surface area contributed by atoms with Gasteiger partial charge in [0, 0.05) is 32.7 Å². The lowest BCUT2D eigenvalue weighted by Crippen LogP contribution is -2.38. The summed E-state index contributed by atoms with van der Waals surface area (Å²) in [5.74, 6) is 1.46. The zero-order chi connectivity index (χ0) is 16.5. The van der Waals surface area contributed by atoms with Gasteiger partial charge < -0.3 is 10.6 Å². The molecule has 0 amide bonds. The van der Waals surface area contributed by atoms with Crippen molar-refractivity contribution in [2.45, 2.75) is 46.8 Å². The fraction of sp³-hybridized carbons (Fsp3) is 0.611. The SMILES string of the molecule is CN=C(NCc1ccccc1CN(C)C(C)C)NCC(C)C.I. The van der Waals surface area contributed by atoms with Crippen LogP contribution in [0.15, 0.2) is 29.3 Å². The molecule has 0 aromatic heterocycles. The largest absolute Gasteiger partial charge is 0.356 e. The standard InChI is InChI=1S/C18H32N4.HI/c1-14(2)11-20-18(19-5)21-12-16-9-7-8-10-17(16)13-22(6)15(3)4;/h7-10,14-15H,11-13H2,1-6H3,(H2,19,20,21);1H. The lowest BCUT2D eigenvalue weighted by atomic mass is 10.1. The van der Waals surface area contributed by atoms with E-state index in [4.69, 9.17) is 0 Å². The van der Waals surface area contributed by atoms with Crippen LogP contribution in [0.1, 0.15) is 38.8 Å². The molecule has 4 nitrogen and oxygen atoms in total. The van der Waals surface area contributed by atoms with Gasteiger partial charge in [-0.15, -0.1) is 24.0 Å². The van der Waals surface area contributed by atoms with Gasteiger partial charge in [0.25, 0.3) is 0 Å². The van der Waals surface area contributed by atoms with Gasteiger partial charge in [0.15, 0.2) is 5.96 Å². The Labute approximate surface area is 159 Å². The minimum Gasteiger partial charge on any atom is -0.356 e. The third kappa shape index (κ3) is 8.55. The first-order valence-corrected chi connectivity index (χ1v) is 8.15. The number of hydrogen-bond donors (Lipinski definition) is 2. The van der Waals surface area contributed by atoms with E-state index in [9.17, 15) is 0 Å². The molecule has 23 heavy (non-hydrogen) atoms. The van der Waals surface area contributed by atoms with Gasteiger partial charge in [-0.25, -0.2) is 0 Å². The maximum Gasteiger partial charge on any atom is 0.191 e. The summed E-state index contributed by atoms with van der Waals surface area (Å²) in [6.45, 7) is 11.5. The van der Waals surface area contributed by atoms with E-state index in [1.54, 1.807) is 0 Å². The van der Waals surface area contributed by atoms with E-state index in [-0.39, 0.29) is 24.0 Å². The van der Waals surface area contributed by atoms with Crippen molar-refractivity contribution in [2.75, 3.05) is 20.6 Å². The number of halogens is 1. The van der Waals surface area contributed by atoms with E-state index < -0.39 is 0 Å². The summed E-state index contributed by atoms with van der Waals surface area (Å²) >= 11 is 0.